The van der Waals surface area contributed by atoms with Crippen molar-refractivity contribution in [3.05, 3.63) is 18.2 Å². The number of carbonyl (C=O) groups is 2. The molecule has 0 unspecified atom stereocenters. The minimum Gasteiger partial charge on any atom is -0.494 e. The first-order valence-corrected chi connectivity index (χ1v) is 9.67. The molecule has 2 amide bonds. The first-order valence-electron chi connectivity index (χ1n) is 9.67. The van der Waals surface area contributed by atoms with Gasteiger partial charge in [-0.25, -0.2) is 0 Å². The van der Waals surface area contributed by atoms with Gasteiger partial charge in [0.1, 0.15) is 12.2 Å². The first-order chi connectivity index (χ1) is 13.0. The van der Waals surface area contributed by atoms with Gasteiger partial charge in [-0.15, -0.1) is 0 Å². The van der Waals surface area contributed by atoms with E-state index in [0.717, 1.165) is 19.3 Å². The summed E-state index contributed by atoms with van der Waals surface area (Å²) in [6.07, 6.45) is 6.72. The van der Waals surface area contributed by atoms with Gasteiger partial charge in [0.05, 0.1) is 24.3 Å². The third-order valence-electron chi connectivity index (χ3n) is 6.49. The quantitative estimate of drug-likeness (QED) is 0.830. The van der Waals surface area contributed by atoms with Crippen LogP contribution < -0.4 is 15.4 Å². The molecule has 5 rings (SSSR count). The van der Waals surface area contributed by atoms with Crippen molar-refractivity contribution in [3.63, 3.8) is 0 Å². The van der Waals surface area contributed by atoms with Crippen LogP contribution in [-0.2, 0) is 9.59 Å². The molecular formula is C21H25N3O3. The van der Waals surface area contributed by atoms with E-state index in [0.29, 0.717) is 34.9 Å². The highest BCUT2D eigenvalue weighted by Gasteiger charge is 2.54. The number of nitrogens with zero attached hydrogens (tertiary/aromatic N) is 1. The monoisotopic (exact) mass is 367 g/mol. The summed E-state index contributed by atoms with van der Waals surface area (Å²) in [6.45, 7) is 0. The Balaban J connectivity index is 1.50. The van der Waals surface area contributed by atoms with Crippen LogP contribution in [0.4, 0.5) is 11.4 Å². The maximum Gasteiger partial charge on any atom is 0.238 e. The van der Waals surface area contributed by atoms with Crippen molar-refractivity contribution in [2.24, 2.45) is 23.2 Å². The minimum absolute atomic E-state index is 0.112. The molecule has 4 saturated carbocycles. The van der Waals surface area contributed by atoms with Crippen LogP contribution in [0.25, 0.3) is 0 Å². The third-order valence-corrected chi connectivity index (χ3v) is 6.49. The van der Waals surface area contributed by atoms with Crippen molar-refractivity contribution >= 4 is 23.2 Å². The fraction of sp³-hybridized carbons (Fsp3) is 0.571. The van der Waals surface area contributed by atoms with Crippen molar-refractivity contribution in [1.82, 2.24) is 0 Å². The molecule has 27 heavy (non-hydrogen) atoms. The molecule has 6 nitrogen and oxygen atoms in total. The lowest BCUT2D eigenvalue weighted by molar-refractivity contribution is -0.140. The van der Waals surface area contributed by atoms with Crippen LogP contribution in [0, 0.1) is 34.5 Å². The van der Waals surface area contributed by atoms with Gasteiger partial charge in [-0.05, 0) is 68.4 Å². The predicted molar refractivity (Wildman–Crippen MR) is 101 cm³/mol. The van der Waals surface area contributed by atoms with E-state index in [9.17, 15) is 9.59 Å². The van der Waals surface area contributed by atoms with Crippen LogP contribution in [0.2, 0.25) is 0 Å². The number of amides is 2. The molecule has 0 saturated heterocycles. The van der Waals surface area contributed by atoms with Gasteiger partial charge in [0.2, 0.25) is 11.8 Å². The molecule has 1 aromatic rings. The van der Waals surface area contributed by atoms with Gasteiger partial charge >= 0.3 is 0 Å². The second-order valence-electron chi connectivity index (χ2n) is 8.45. The van der Waals surface area contributed by atoms with Crippen molar-refractivity contribution < 1.29 is 14.3 Å². The van der Waals surface area contributed by atoms with Crippen LogP contribution in [0.15, 0.2) is 18.2 Å². The Labute approximate surface area is 159 Å². The van der Waals surface area contributed by atoms with E-state index < -0.39 is 0 Å². The molecule has 0 spiro atoms. The number of hydrogen-bond donors (Lipinski definition) is 2. The zero-order valence-electron chi connectivity index (χ0n) is 15.6. The van der Waals surface area contributed by atoms with Gasteiger partial charge in [0, 0.05) is 11.8 Å². The number of rotatable bonds is 5. The maximum atomic E-state index is 13.2. The lowest BCUT2D eigenvalue weighted by atomic mass is 9.49. The van der Waals surface area contributed by atoms with Crippen LogP contribution >= 0.6 is 0 Å². The number of carbonyl (C=O) groups excluding carboxylic acids is 2. The van der Waals surface area contributed by atoms with E-state index in [1.807, 2.05) is 6.07 Å². The van der Waals surface area contributed by atoms with Crippen LogP contribution in [0.5, 0.6) is 5.75 Å². The number of methoxy groups -OCH3 is 1. The second kappa shape index (κ2) is 6.88. The first kappa shape index (κ1) is 17.8. The topological polar surface area (TPSA) is 91.2 Å². The van der Waals surface area contributed by atoms with Gasteiger partial charge in [0.25, 0.3) is 0 Å². The van der Waals surface area contributed by atoms with E-state index in [-0.39, 0.29) is 23.7 Å². The Morgan fingerprint density at radius 3 is 2.33 bits per heavy atom. The van der Waals surface area contributed by atoms with Gasteiger partial charge in [0.15, 0.2) is 0 Å². The van der Waals surface area contributed by atoms with Gasteiger partial charge in [-0.3, -0.25) is 9.59 Å². The molecule has 0 aromatic heterocycles. The van der Waals surface area contributed by atoms with E-state index >= 15 is 0 Å². The van der Waals surface area contributed by atoms with Crippen LogP contribution in [0.3, 0.4) is 0 Å². The van der Waals surface area contributed by atoms with Crippen LogP contribution in [-0.4, -0.2) is 18.9 Å². The number of hydrogen-bond acceptors (Lipinski definition) is 4. The van der Waals surface area contributed by atoms with Gasteiger partial charge in [-0.1, -0.05) is 0 Å². The van der Waals surface area contributed by atoms with E-state index in [4.69, 9.17) is 10.00 Å². The number of benzene rings is 1. The molecule has 2 N–H and O–H groups in total. The standard InChI is InChI=1S/C21H25N3O3/c1-27-18-9-16(23-19(25)4-5-22)2-3-17(18)24-20(26)21-10-13-6-14(11-21)8-15(7-13)12-21/h2-3,9,13-15H,4,6-8,10-12H2,1H3,(H,23,25)(H,24,26). The molecule has 4 fully saturated rings. The fourth-order valence-electron chi connectivity index (χ4n) is 5.79. The predicted octanol–water partition coefficient (Wildman–Crippen LogP) is 3.70. The summed E-state index contributed by atoms with van der Waals surface area (Å²) < 4.78 is 5.42. The maximum absolute atomic E-state index is 13.2. The Kier molecular flexibility index (Phi) is 4.55. The molecular weight excluding hydrogens is 342 g/mol. The third kappa shape index (κ3) is 3.39. The molecule has 0 heterocycles. The van der Waals surface area contributed by atoms with Crippen molar-refractivity contribution in [2.75, 3.05) is 17.7 Å². The second-order valence-corrected chi connectivity index (χ2v) is 8.45. The zero-order chi connectivity index (χ0) is 19.0. The highest BCUT2D eigenvalue weighted by Crippen LogP contribution is 2.60. The molecule has 6 heteroatoms. The summed E-state index contributed by atoms with van der Waals surface area (Å²) in [5.74, 6) is 2.37. The lowest BCUT2D eigenvalue weighted by Gasteiger charge is -2.55. The Morgan fingerprint density at radius 2 is 1.78 bits per heavy atom. The lowest BCUT2D eigenvalue weighted by Crippen LogP contribution is -2.51. The average molecular weight is 367 g/mol. The number of anilines is 2. The number of ether oxygens (including phenoxy) is 1. The molecule has 0 aliphatic heterocycles. The molecule has 4 aliphatic rings. The molecule has 4 bridgehead atoms. The smallest absolute Gasteiger partial charge is 0.238 e. The van der Waals surface area contributed by atoms with Gasteiger partial charge < -0.3 is 15.4 Å². The summed E-state index contributed by atoms with van der Waals surface area (Å²) in [4.78, 5) is 24.8. The Bertz CT molecular complexity index is 776. The highest BCUT2D eigenvalue weighted by atomic mass is 16.5. The molecule has 1 aromatic carbocycles. The average Bonchev–Trinajstić information content (AvgIpc) is 2.62. The molecule has 142 valence electrons. The fourth-order valence-corrected chi connectivity index (χ4v) is 5.79. The summed E-state index contributed by atoms with van der Waals surface area (Å²) in [5, 5.41) is 14.3. The van der Waals surface area contributed by atoms with Gasteiger partial charge in [-0.2, -0.15) is 5.26 Å². The summed E-state index contributed by atoms with van der Waals surface area (Å²) in [7, 11) is 1.54. The Hall–Kier alpha value is -2.55. The number of nitriles is 1. The van der Waals surface area contributed by atoms with Crippen molar-refractivity contribution in [2.45, 2.75) is 44.9 Å². The molecule has 0 atom stereocenters. The normalized spacial score (nSPS) is 30.4. The van der Waals surface area contributed by atoms with Crippen molar-refractivity contribution in [3.8, 4) is 11.8 Å². The minimum atomic E-state index is -0.370. The van der Waals surface area contributed by atoms with Crippen molar-refractivity contribution in [1.29, 1.82) is 5.26 Å². The zero-order valence-corrected chi connectivity index (χ0v) is 15.6. The summed E-state index contributed by atoms with van der Waals surface area (Å²) in [5.41, 5.74) is 0.941. The Morgan fingerprint density at radius 1 is 1.15 bits per heavy atom. The van der Waals surface area contributed by atoms with Crippen LogP contribution in [0.1, 0.15) is 44.9 Å². The number of nitrogens with one attached hydrogen (secondary N) is 2. The molecule has 4 aliphatic carbocycles. The summed E-state index contributed by atoms with van der Waals surface area (Å²) >= 11 is 0. The molecule has 0 radical (unpaired) electrons. The van der Waals surface area contributed by atoms with E-state index in [2.05, 4.69) is 10.6 Å². The highest BCUT2D eigenvalue weighted by molar-refractivity contribution is 5.98. The summed E-state index contributed by atoms with van der Waals surface area (Å²) in [6, 6.07) is 6.95. The SMILES string of the molecule is COc1cc(NC(=O)CC#N)ccc1NC(=O)C12CC3CC(CC(C3)C1)C2. The largest absolute Gasteiger partial charge is 0.494 e. The van der Waals surface area contributed by atoms with E-state index in [1.165, 1.54) is 26.4 Å². The van der Waals surface area contributed by atoms with E-state index in [1.54, 1.807) is 18.2 Å².